The number of hydrogen-bond acceptors (Lipinski definition) is 5. The molecule has 4 N–H and O–H groups in total. The summed E-state index contributed by atoms with van der Waals surface area (Å²) in [4.78, 5) is 21.2. The van der Waals surface area contributed by atoms with E-state index in [1.165, 1.54) is 0 Å². The molecule has 7 heteroatoms. The van der Waals surface area contributed by atoms with Gasteiger partial charge in [0.2, 0.25) is 5.91 Å². The minimum atomic E-state index is -0.838. The lowest BCUT2D eigenvalue weighted by Gasteiger charge is -2.05. The first-order valence-electron chi connectivity index (χ1n) is 5.03. The van der Waals surface area contributed by atoms with Gasteiger partial charge in [-0.05, 0) is 13.0 Å². The Hall–Kier alpha value is -1.18. The summed E-state index contributed by atoms with van der Waals surface area (Å²) in [5, 5.41) is 4.80. The van der Waals surface area contributed by atoms with Gasteiger partial charge in [-0.3, -0.25) is 10.1 Å². The van der Waals surface area contributed by atoms with Crippen LogP contribution in [0.3, 0.4) is 0 Å². The third kappa shape index (κ3) is 10.9. The third-order valence-electron chi connectivity index (χ3n) is 1.62. The molecular formula is C9H19N3O4. The summed E-state index contributed by atoms with van der Waals surface area (Å²) in [5.41, 5.74) is 4.76. The highest BCUT2D eigenvalue weighted by Crippen LogP contribution is 1.81. The maximum Gasteiger partial charge on any atom is 0.318 e. The molecule has 0 saturated carbocycles. The largest absolute Gasteiger partial charge is 0.382 e. The van der Waals surface area contributed by atoms with Gasteiger partial charge < -0.3 is 20.5 Å². The Morgan fingerprint density at radius 2 is 2.00 bits per heavy atom. The lowest BCUT2D eigenvalue weighted by atomic mass is 10.4. The average molecular weight is 233 g/mol. The number of carbonyl (C=O) groups excluding carboxylic acids is 2. The van der Waals surface area contributed by atoms with Gasteiger partial charge in [0.05, 0.1) is 19.8 Å². The normalized spacial score (nSPS) is 10.1. The van der Waals surface area contributed by atoms with E-state index in [-0.39, 0.29) is 6.54 Å². The highest BCUT2D eigenvalue weighted by atomic mass is 16.5. The Bertz CT molecular complexity index is 211. The number of imide groups is 1. The number of rotatable bonds is 9. The molecule has 0 aromatic rings. The van der Waals surface area contributed by atoms with E-state index in [0.717, 1.165) is 6.42 Å². The fourth-order valence-electron chi connectivity index (χ4n) is 0.927. The molecule has 0 aliphatic carbocycles. The number of primary amides is 1. The maximum absolute atomic E-state index is 10.9. The Kier molecular flexibility index (Phi) is 9.58. The number of nitrogens with one attached hydrogen (secondary N) is 2. The molecular weight excluding hydrogens is 214 g/mol. The zero-order valence-corrected chi connectivity index (χ0v) is 9.45. The molecule has 0 heterocycles. The zero-order valence-electron chi connectivity index (χ0n) is 9.45. The smallest absolute Gasteiger partial charge is 0.318 e. The average Bonchev–Trinajstić information content (AvgIpc) is 2.21. The van der Waals surface area contributed by atoms with Crippen molar-refractivity contribution in [3.63, 3.8) is 0 Å². The number of carbonyl (C=O) groups is 2. The van der Waals surface area contributed by atoms with Crippen LogP contribution in [0.4, 0.5) is 4.79 Å². The Labute approximate surface area is 94.6 Å². The lowest BCUT2D eigenvalue weighted by Crippen LogP contribution is -2.40. The zero-order chi connectivity index (χ0) is 12.2. The molecule has 0 aliphatic rings. The van der Waals surface area contributed by atoms with E-state index in [9.17, 15) is 9.59 Å². The quantitative estimate of drug-likeness (QED) is 0.435. The second-order valence-corrected chi connectivity index (χ2v) is 3.05. The van der Waals surface area contributed by atoms with Crippen LogP contribution >= 0.6 is 0 Å². The molecule has 0 aromatic heterocycles. The Balaban J connectivity index is 3.14. The molecule has 0 aromatic carbocycles. The van der Waals surface area contributed by atoms with Crippen LogP contribution < -0.4 is 16.4 Å². The second-order valence-electron chi connectivity index (χ2n) is 3.05. The van der Waals surface area contributed by atoms with Crippen LogP contribution in [-0.2, 0) is 14.3 Å². The van der Waals surface area contributed by atoms with Crippen LogP contribution in [0.5, 0.6) is 0 Å². The SMILES string of the molecule is COCCOCCCNCC(=O)NC(N)=O. The number of hydrogen-bond donors (Lipinski definition) is 3. The summed E-state index contributed by atoms with van der Waals surface area (Å²) in [6, 6.07) is -0.838. The second kappa shape index (κ2) is 10.3. The predicted octanol–water partition coefficient (Wildman–Crippen LogP) is -1.18. The minimum Gasteiger partial charge on any atom is -0.382 e. The van der Waals surface area contributed by atoms with E-state index < -0.39 is 11.9 Å². The van der Waals surface area contributed by atoms with Crippen LogP contribution in [0.1, 0.15) is 6.42 Å². The van der Waals surface area contributed by atoms with Gasteiger partial charge in [-0.2, -0.15) is 0 Å². The molecule has 0 rings (SSSR count). The summed E-state index contributed by atoms with van der Waals surface area (Å²) in [6.45, 7) is 2.46. The lowest BCUT2D eigenvalue weighted by molar-refractivity contribution is -0.119. The summed E-state index contributed by atoms with van der Waals surface area (Å²) in [5.74, 6) is -0.437. The highest BCUT2D eigenvalue weighted by molar-refractivity contribution is 5.94. The first kappa shape index (κ1) is 14.8. The van der Waals surface area contributed by atoms with Crippen molar-refractivity contribution in [2.75, 3.05) is 40.0 Å². The van der Waals surface area contributed by atoms with Crippen molar-refractivity contribution in [2.45, 2.75) is 6.42 Å². The number of methoxy groups -OCH3 is 1. The van der Waals surface area contributed by atoms with Crippen molar-refractivity contribution in [3.8, 4) is 0 Å². The number of nitrogens with two attached hydrogens (primary N) is 1. The molecule has 0 fully saturated rings. The van der Waals surface area contributed by atoms with E-state index in [1.807, 2.05) is 5.32 Å². The van der Waals surface area contributed by atoms with Crippen LogP contribution in [0.25, 0.3) is 0 Å². The first-order chi connectivity index (χ1) is 7.66. The number of amides is 3. The molecule has 0 saturated heterocycles. The van der Waals surface area contributed by atoms with Crippen LogP contribution in [0.15, 0.2) is 0 Å². The molecule has 16 heavy (non-hydrogen) atoms. The van der Waals surface area contributed by atoms with Gasteiger partial charge in [0, 0.05) is 13.7 Å². The third-order valence-corrected chi connectivity index (χ3v) is 1.62. The van der Waals surface area contributed by atoms with E-state index in [1.54, 1.807) is 7.11 Å². The van der Waals surface area contributed by atoms with Crippen molar-refractivity contribution < 1.29 is 19.1 Å². The van der Waals surface area contributed by atoms with E-state index in [4.69, 9.17) is 15.2 Å². The van der Waals surface area contributed by atoms with E-state index >= 15 is 0 Å². The molecule has 3 amide bonds. The van der Waals surface area contributed by atoms with Crippen LogP contribution in [0.2, 0.25) is 0 Å². The molecule has 0 unspecified atom stereocenters. The fraction of sp³-hybridized carbons (Fsp3) is 0.778. The summed E-state index contributed by atoms with van der Waals surface area (Å²) >= 11 is 0. The standard InChI is InChI=1S/C9H19N3O4/c1-15-5-6-16-4-2-3-11-7-8(13)12-9(10)14/h11H,2-7H2,1H3,(H3,10,12,13,14). The van der Waals surface area contributed by atoms with Crippen molar-refractivity contribution in [3.05, 3.63) is 0 Å². The van der Waals surface area contributed by atoms with Crippen LogP contribution in [0, 0.1) is 0 Å². The molecule has 0 atom stereocenters. The minimum absolute atomic E-state index is 0.0704. The van der Waals surface area contributed by atoms with E-state index in [0.29, 0.717) is 26.4 Å². The van der Waals surface area contributed by atoms with Crippen molar-refractivity contribution in [2.24, 2.45) is 5.73 Å². The molecule has 7 nitrogen and oxygen atoms in total. The molecule has 0 bridgehead atoms. The Morgan fingerprint density at radius 1 is 1.25 bits per heavy atom. The predicted molar refractivity (Wildman–Crippen MR) is 57.9 cm³/mol. The summed E-state index contributed by atoms with van der Waals surface area (Å²) in [6.07, 6.45) is 0.785. The van der Waals surface area contributed by atoms with Crippen molar-refractivity contribution >= 4 is 11.9 Å². The number of urea groups is 1. The van der Waals surface area contributed by atoms with Crippen molar-refractivity contribution in [1.82, 2.24) is 10.6 Å². The van der Waals surface area contributed by atoms with Gasteiger partial charge in [0.25, 0.3) is 0 Å². The Morgan fingerprint density at radius 3 is 2.62 bits per heavy atom. The monoisotopic (exact) mass is 233 g/mol. The molecule has 0 radical (unpaired) electrons. The maximum atomic E-state index is 10.9. The molecule has 0 spiro atoms. The summed E-state index contributed by atoms with van der Waals surface area (Å²) < 4.78 is 10.0. The van der Waals surface area contributed by atoms with Crippen molar-refractivity contribution in [1.29, 1.82) is 0 Å². The van der Waals surface area contributed by atoms with Gasteiger partial charge >= 0.3 is 6.03 Å². The summed E-state index contributed by atoms with van der Waals surface area (Å²) in [7, 11) is 1.61. The van der Waals surface area contributed by atoms with Gasteiger partial charge in [0.15, 0.2) is 0 Å². The van der Waals surface area contributed by atoms with Crippen LogP contribution in [-0.4, -0.2) is 52.0 Å². The topological polar surface area (TPSA) is 103 Å². The molecule has 94 valence electrons. The number of ether oxygens (including phenoxy) is 2. The van der Waals surface area contributed by atoms with Gasteiger partial charge in [-0.1, -0.05) is 0 Å². The first-order valence-corrected chi connectivity index (χ1v) is 5.03. The fourth-order valence-corrected chi connectivity index (χ4v) is 0.927. The van der Waals surface area contributed by atoms with Gasteiger partial charge in [-0.25, -0.2) is 4.79 Å². The highest BCUT2D eigenvalue weighted by Gasteiger charge is 2.01. The molecule has 0 aliphatic heterocycles. The van der Waals surface area contributed by atoms with E-state index in [2.05, 4.69) is 5.32 Å². The van der Waals surface area contributed by atoms with Gasteiger partial charge in [0.1, 0.15) is 0 Å². The van der Waals surface area contributed by atoms with Gasteiger partial charge in [-0.15, -0.1) is 0 Å².